The summed E-state index contributed by atoms with van der Waals surface area (Å²) in [5.74, 6) is 0.981. The molecule has 0 saturated carbocycles. The Bertz CT molecular complexity index is 1090. The standard InChI is InChI=1S/C25H27N3O/c1-17-5-4-8-23-24(17)22(25(29)27-23)15-26-20-9-11-21(12-10-20)28-14-13-18-6-2-3-7-19(18)16-28/h4-5,7-12,15,18,27,29H,2-3,6,13-14,16H2,1H3. The van der Waals surface area contributed by atoms with Crippen molar-refractivity contribution in [1.29, 1.82) is 0 Å². The van der Waals surface area contributed by atoms with Crippen LogP contribution in [-0.2, 0) is 0 Å². The molecule has 5 rings (SSSR count). The molecular weight excluding hydrogens is 358 g/mol. The van der Waals surface area contributed by atoms with Crippen molar-refractivity contribution in [1.82, 2.24) is 4.98 Å². The van der Waals surface area contributed by atoms with Crippen LogP contribution in [0.1, 0.15) is 36.8 Å². The number of nitrogens with one attached hydrogen (secondary N) is 1. The van der Waals surface area contributed by atoms with Crippen molar-refractivity contribution in [3.05, 3.63) is 65.2 Å². The van der Waals surface area contributed by atoms with E-state index in [1.807, 2.05) is 25.1 Å². The van der Waals surface area contributed by atoms with Gasteiger partial charge in [-0.25, -0.2) is 0 Å². The lowest BCUT2D eigenvalue weighted by molar-refractivity contribution is 0.438. The van der Waals surface area contributed by atoms with E-state index < -0.39 is 0 Å². The first-order valence-corrected chi connectivity index (χ1v) is 10.6. The van der Waals surface area contributed by atoms with Gasteiger partial charge in [0.25, 0.3) is 0 Å². The fraction of sp³-hybridized carbons (Fsp3) is 0.320. The molecule has 3 aromatic rings. The molecule has 2 aromatic carbocycles. The summed E-state index contributed by atoms with van der Waals surface area (Å²) in [6.07, 6.45) is 9.46. The largest absolute Gasteiger partial charge is 0.494 e. The van der Waals surface area contributed by atoms with Gasteiger partial charge in [0.2, 0.25) is 0 Å². The Labute approximate surface area is 171 Å². The zero-order valence-electron chi connectivity index (χ0n) is 16.9. The number of aromatic hydroxyl groups is 1. The maximum Gasteiger partial charge on any atom is 0.198 e. The van der Waals surface area contributed by atoms with Crippen LogP contribution in [0.25, 0.3) is 10.9 Å². The number of aryl methyl sites for hydroxylation is 1. The van der Waals surface area contributed by atoms with Crippen molar-refractivity contribution in [3.8, 4) is 5.88 Å². The Hall–Kier alpha value is -3.01. The van der Waals surface area contributed by atoms with Gasteiger partial charge in [0, 0.05) is 35.9 Å². The minimum atomic E-state index is 0.165. The number of anilines is 1. The number of hydrogen-bond acceptors (Lipinski definition) is 3. The zero-order valence-corrected chi connectivity index (χ0v) is 16.9. The number of aromatic amines is 1. The third-order valence-electron chi connectivity index (χ3n) is 6.42. The number of hydrogen-bond donors (Lipinski definition) is 2. The fourth-order valence-corrected chi connectivity index (χ4v) is 4.82. The molecule has 4 heteroatoms. The summed E-state index contributed by atoms with van der Waals surface area (Å²) < 4.78 is 0. The van der Waals surface area contributed by atoms with E-state index in [4.69, 9.17) is 0 Å². The molecule has 1 atom stereocenters. The second-order valence-corrected chi connectivity index (χ2v) is 8.28. The normalized spacial score (nSPS) is 19.6. The Kier molecular flexibility index (Phi) is 4.62. The van der Waals surface area contributed by atoms with Gasteiger partial charge in [-0.3, -0.25) is 4.99 Å². The van der Waals surface area contributed by atoms with Gasteiger partial charge in [-0.15, -0.1) is 0 Å². The number of rotatable bonds is 3. The smallest absolute Gasteiger partial charge is 0.198 e. The molecule has 29 heavy (non-hydrogen) atoms. The summed E-state index contributed by atoms with van der Waals surface area (Å²) >= 11 is 0. The quantitative estimate of drug-likeness (QED) is 0.438. The van der Waals surface area contributed by atoms with Crippen LogP contribution in [0.2, 0.25) is 0 Å². The van der Waals surface area contributed by atoms with E-state index in [9.17, 15) is 5.11 Å². The molecule has 1 fully saturated rings. The maximum absolute atomic E-state index is 10.3. The number of aliphatic imine (C=N–C) groups is 1. The Morgan fingerprint density at radius 1 is 1.14 bits per heavy atom. The predicted octanol–water partition coefficient (Wildman–Crippen LogP) is 5.87. The third-order valence-corrected chi connectivity index (χ3v) is 6.42. The number of nitrogens with zero attached hydrogens (tertiary/aromatic N) is 2. The van der Waals surface area contributed by atoms with Gasteiger partial charge in [0.05, 0.1) is 11.3 Å². The van der Waals surface area contributed by atoms with E-state index in [1.165, 1.54) is 31.4 Å². The molecule has 0 amide bonds. The van der Waals surface area contributed by atoms with Crippen LogP contribution >= 0.6 is 0 Å². The molecule has 4 nitrogen and oxygen atoms in total. The van der Waals surface area contributed by atoms with E-state index >= 15 is 0 Å². The maximum atomic E-state index is 10.3. The van der Waals surface area contributed by atoms with E-state index in [0.29, 0.717) is 0 Å². The SMILES string of the molecule is Cc1cccc2[nH]c(O)c(C=Nc3ccc(N4CCC5CCCC=C5C4)cc3)c12. The van der Waals surface area contributed by atoms with E-state index in [-0.39, 0.29) is 5.88 Å². The second-order valence-electron chi connectivity index (χ2n) is 8.28. The lowest BCUT2D eigenvalue weighted by atomic mass is 9.82. The predicted molar refractivity (Wildman–Crippen MR) is 121 cm³/mol. The van der Waals surface area contributed by atoms with Gasteiger partial charge < -0.3 is 15.0 Å². The van der Waals surface area contributed by atoms with Gasteiger partial charge in [-0.05, 0) is 74.4 Å². The summed E-state index contributed by atoms with van der Waals surface area (Å²) in [4.78, 5) is 10.1. The van der Waals surface area contributed by atoms with Crippen LogP contribution in [0.4, 0.5) is 11.4 Å². The summed E-state index contributed by atoms with van der Waals surface area (Å²) in [6.45, 7) is 4.25. The van der Waals surface area contributed by atoms with Gasteiger partial charge in [0.1, 0.15) is 0 Å². The fourth-order valence-electron chi connectivity index (χ4n) is 4.82. The molecule has 0 bridgehead atoms. The monoisotopic (exact) mass is 385 g/mol. The molecule has 0 radical (unpaired) electrons. The molecule has 1 unspecified atom stereocenters. The van der Waals surface area contributed by atoms with Crippen LogP contribution in [0.5, 0.6) is 5.88 Å². The average Bonchev–Trinajstić information content (AvgIpc) is 3.08. The average molecular weight is 386 g/mol. The number of fused-ring (bicyclic) bond motifs is 2. The molecule has 0 spiro atoms. The first-order valence-electron chi connectivity index (χ1n) is 10.6. The van der Waals surface area contributed by atoms with Crippen molar-refractivity contribution in [2.75, 3.05) is 18.0 Å². The number of piperidine rings is 1. The molecule has 1 saturated heterocycles. The Morgan fingerprint density at radius 3 is 2.86 bits per heavy atom. The first kappa shape index (κ1) is 18.0. The molecule has 1 aromatic heterocycles. The number of H-pyrrole nitrogens is 1. The lowest BCUT2D eigenvalue weighted by Gasteiger charge is -2.37. The van der Waals surface area contributed by atoms with Crippen molar-refractivity contribution in [2.24, 2.45) is 10.9 Å². The van der Waals surface area contributed by atoms with Crippen LogP contribution in [0.15, 0.2) is 59.1 Å². The topological polar surface area (TPSA) is 51.6 Å². The van der Waals surface area contributed by atoms with Crippen molar-refractivity contribution >= 4 is 28.5 Å². The van der Waals surface area contributed by atoms with Crippen LogP contribution in [0, 0.1) is 12.8 Å². The molecule has 148 valence electrons. The summed E-state index contributed by atoms with van der Waals surface area (Å²) in [5.41, 5.74) is 6.58. The minimum absolute atomic E-state index is 0.165. The van der Waals surface area contributed by atoms with Crippen LogP contribution in [-0.4, -0.2) is 29.4 Å². The third kappa shape index (κ3) is 3.44. The van der Waals surface area contributed by atoms with Crippen molar-refractivity contribution in [3.63, 3.8) is 0 Å². The number of aromatic nitrogens is 1. The summed E-state index contributed by atoms with van der Waals surface area (Å²) in [7, 11) is 0. The van der Waals surface area contributed by atoms with E-state index in [0.717, 1.165) is 46.7 Å². The summed E-state index contributed by atoms with van der Waals surface area (Å²) in [5, 5.41) is 11.3. The highest BCUT2D eigenvalue weighted by Crippen LogP contribution is 2.34. The van der Waals surface area contributed by atoms with Crippen LogP contribution < -0.4 is 4.90 Å². The van der Waals surface area contributed by atoms with E-state index in [1.54, 1.807) is 11.8 Å². The molecule has 1 aliphatic carbocycles. The lowest BCUT2D eigenvalue weighted by Crippen LogP contribution is -2.36. The van der Waals surface area contributed by atoms with Gasteiger partial charge in [-0.1, -0.05) is 23.8 Å². The molecular formula is C25H27N3O. The highest BCUT2D eigenvalue weighted by molar-refractivity contribution is 6.04. The van der Waals surface area contributed by atoms with Gasteiger partial charge in [-0.2, -0.15) is 0 Å². The first-order chi connectivity index (χ1) is 14.2. The molecule has 2 heterocycles. The van der Waals surface area contributed by atoms with Crippen molar-refractivity contribution in [2.45, 2.75) is 32.6 Å². The van der Waals surface area contributed by atoms with Gasteiger partial charge in [0.15, 0.2) is 5.88 Å². The second kappa shape index (κ2) is 7.43. The highest BCUT2D eigenvalue weighted by atomic mass is 16.3. The minimum Gasteiger partial charge on any atom is -0.494 e. The molecule has 2 N–H and O–H groups in total. The molecule has 2 aliphatic rings. The van der Waals surface area contributed by atoms with Gasteiger partial charge >= 0.3 is 0 Å². The Morgan fingerprint density at radius 2 is 2.00 bits per heavy atom. The molecule has 1 aliphatic heterocycles. The zero-order chi connectivity index (χ0) is 19.8. The Balaban J connectivity index is 1.35. The number of allylic oxidation sites excluding steroid dienone is 1. The summed E-state index contributed by atoms with van der Waals surface area (Å²) in [6, 6.07) is 14.5. The number of benzene rings is 2. The van der Waals surface area contributed by atoms with E-state index in [2.05, 4.69) is 45.2 Å². The van der Waals surface area contributed by atoms with Crippen LogP contribution in [0.3, 0.4) is 0 Å². The highest BCUT2D eigenvalue weighted by Gasteiger charge is 2.25. The van der Waals surface area contributed by atoms with Crippen molar-refractivity contribution < 1.29 is 5.11 Å².